The Labute approximate surface area is 158 Å². The molecular formula is C21H21NO5. The lowest BCUT2D eigenvalue weighted by Gasteiger charge is -2.11. The van der Waals surface area contributed by atoms with Crippen LogP contribution in [0.1, 0.15) is 21.5 Å². The van der Waals surface area contributed by atoms with Crippen LogP contribution < -0.4 is 14.4 Å². The second-order valence-corrected chi connectivity index (χ2v) is 6.40. The molecule has 1 heterocycles. The van der Waals surface area contributed by atoms with Crippen LogP contribution in [0.2, 0.25) is 0 Å². The highest BCUT2D eigenvalue weighted by Gasteiger charge is 2.30. The number of carbonyl (C=O) groups is 2. The SMILES string of the molecule is COC(=O)COc1cc(C)c2c(c1)O/C(=C\c1ccc(N(C)C)cc1)C2=O. The first-order chi connectivity index (χ1) is 12.9. The fourth-order valence-electron chi connectivity index (χ4n) is 2.78. The van der Waals surface area contributed by atoms with Crippen LogP contribution in [0.25, 0.3) is 6.08 Å². The predicted molar refractivity (Wildman–Crippen MR) is 102 cm³/mol. The summed E-state index contributed by atoms with van der Waals surface area (Å²) in [7, 11) is 5.23. The Hall–Kier alpha value is -3.28. The van der Waals surface area contributed by atoms with Gasteiger partial charge in [-0.25, -0.2) is 4.79 Å². The Kier molecular flexibility index (Phi) is 5.16. The molecule has 0 amide bonds. The summed E-state index contributed by atoms with van der Waals surface area (Å²) in [4.78, 5) is 25.9. The summed E-state index contributed by atoms with van der Waals surface area (Å²) >= 11 is 0. The minimum absolute atomic E-state index is 0.168. The van der Waals surface area contributed by atoms with Gasteiger partial charge < -0.3 is 19.1 Å². The minimum atomic E-state index is -0.480. The Bertz CT molecular complexity index is 913. The zero-order valence-corrected chi connectivity index (χ0v) is 15.7. The van der Waals surface area contributed by atoms with Gasteiger partial charge in [0.05, 0.1) is 12.7 Å². The van der Waals surface area contributed by atoms with Gasteiger partial charge in [0, 0.05) is 25.8 Å². The lowest BCUT2D eigenvalue weighted by Crippen LogP contribution is -2.12. The number of fused-ring (bicyclic) bond motifs is 1. The number of benzene rings is 2. The molecule has 2 aromatic rings. The Morgan fingerprint density at radius 1 is 1.19 bits per heavy atom. The normalized spacial score (nSPS) is 13.9. The molecule has 1 aliphatic heterocycles. The lowest BCUT2D eigenvalue weighted by molar-refractivity contribution is -0.142. The number of hydrogen-bond acceptors (Lipinski definition) is 6. The zero-order valence-electron chi connectivity index (χ0n) is 15.7. The smallest absolute Gasteiger partial charge is 0.343 e. The van der Waals surface area contributed by atoms with Crippen LogP contribution in [0, 0.1) is 6.92 Å². The molecule has 0 unspecified atom stereocenters. The molecule has 0 bridgehead atoms. The van der Waals surface area contributed by atoms with Gasteiger partial charge in [0.15, 0.2) is 12.4 Å². The molecule has 3 rings (SSSR count). The molecule has 27 heavy (non-hydrogen) atoms. The number of methoxy groups -OCH3 is 1. The molecule has 0 saturated heterocycles. The number of aryl methyl sites for hydroxylation is 1. The van der Waals surface area contributed by atoms with Crippen LogP contribution >= 0.6 is 0 Å². The maximum absolute atomic E-state index is 12.7. The first-order valence-corrected chi connectivity index (χ1v) is 8.45. The van der Waals surface area contributed by atoms with E-state index in [4.69, 9.17) is 9.47 Å². The van der Waals surface area contributed by atoms with Crippen molar-refractivity contribution < 1.29 is 23.8 Å². The number of hydrogen-bond donors (Lipinski definition) is 0. The highest BCUT2D eigenvalue weighted by atomic mass is 16.6. The van der Waals surface area contributed by atoms with E-state index < -0.39 is 5.97 Å². The van der Waals surface area contributed by atoms with Crippen LogP contribution in [-0.4, -0.2) is 39.6 Å². The molecule has 2 aromatic carbocycles. The van der Waals surface area contributed by atoms with Crippen LogP contribution in [0.15, 0.2) is 42.2 Å². The van der Waals surface area contributed by atoms with Crippen molar-refractivity contribution in [3.8, 4) is 11.5 Å². The van der Waals surface area contributed by atoms with E-state index in [0.717, 1.165) is 16.8 Å². The monoisotopic (exact) mass is 367 g/mol. The number of esters is 1. The first-order valence-electron chi connectivity index (χ1n) is 8.45. The number of rotatable bonds is 5. The maximum Gasteiger partial charge on any atom is 0.343 e. The van der Waals surface area contributed by atoms with Crippen molar-refractivity contribution in [2.24, 2.45) is 0 Å². The van der Waals surface area contributed by atoms with E-state index in [2.05, 4.69) is 4.74 Å². The second-order valence-electron chi connectivity index (χ2n) is 6.40. The maximum atomic E-state index is 12.7. The molecule has 0 fully saturated rings. The van der Waals surface area contributed by atoms with Crippen molar-refractivity contribution in [3.05, 3.63) is 58.8 Å². The van der Waals surface area contributed by atoms with Gasteiger partial charge in [-0.05, 0) is 42.3 Å². The Morgan fingerprint density at radius 3 is 2.52 bits per heavy atom. The summed E-state index contributed by atoms with van der Waals surface area (Å²) in [6.07, 6.45) is 1.72. The molecule has 0 atom stereocenters. The third-order valence-electron chi connectivity index (χ3n) is 4.24. The molecule has 6 nitrogen and oxygen atoms in total. The van der Waals surface area contributed by atoms with E-state index in [1.165, 1.54) is 7.11 Å². The van der Waals surface area contributed by atoms with E-state index in [1.807, 2.05) is 43.3 Å². The van der Waals surface area contributed by atoms with Gasteiger partial charge in [0.25, 0.3) is 0 Å². The van der Waals surface area contributed by atoms with Crippen molar-refractivity contribution in [2.45, 2.75) is 6.92 Å². The highest BCUT2D eigenvalue weighted by molar-refractivity contribution is 6.15. The van der Waals surface area contributed by atoms with Gasteiger partial charge in [-0.15, -0.1) is 0 Å². The van der Waals surface area contributed by atoms with Crippen molar-refractivity contribution in [1.82, 2.24) is 0 Å². The third kappa shape index (κ3) is 3.95. The van der Waals surface area contributed by atoms with Crippen LogP contribution in [0.3, 0.4) is 0 Å². The van der Waals surface area contributed by atoms with Gasteiger partial charge in [-0.3, -0.25) is 4.79 Å². The molecule has 0 radical (unpaired) electrons. The van der Waals surface area contributed by atoms with E-state index >= 15 is 0 Å². The lowest BCUT2D eigenvalue weighted by atomic mass is 10.0. The van der Waals surface area contributed by atoms with E-state index in [-0.39, 0.29) is 18.1 Å². The largest absolute Gasteiger partial charge is 0.482 e. The van der Waals surface area contributed by atoms with Gasteiger partial charge in [-0.2, -0.15) is 0 Å². The number of ketones is 1. The van der Waals surface area contributed by atoms with Gasteiger partial charge in [0.2, 0.25) is 5.78 Å². The Balaban J connectivity index is 1.83. The van der Waals surface area contributed by atoms with E-state index in [9.17, 15) is 9.59 Å². The average molecular weight is 367 g/mol. The van der Waals surface area contributed by atoms with Crippen molar-refractivity contribution in [3.63, 3.8) is 0 Å². The fourth-order valence-corrected chi connectivity index (χ4v) is 2.78. The third-order valence-corrected chi connectivity index (χ3v) is 4.24. The number of allylic oxidation sites excluding steroid dienone is 1. The molecule has 1 aliphatic rings. The summed E-state index contributed by atoms with van der Waals surface area (Å²) in [6, 6.07) is 11.1. The summed E-state index contributed by atoms with van der Waals surface area (Å²) in [5.74, 6) is 0.485. The van der Waals surface area contributed by atoms with Gasteiger partial charge >= 0.3 is 5.97 Å². The molecule has 0 spiro atoms. The highest BCUT2D eigenvalue weighted by Crippen LogP contribution is 2.37. The number of nitrogens with zero attached hydrogens (tertiary/aromatic N) is 1. The molecule has 0 N–H and O–H groups in total. The molecule has 140 valence electrons. The quantitative estimate of drug-likeness (QED) is 0.597. The molecule has 6 heteroatoms. The fraction of sp³-hybridized carbons (Fsp3) is 0.238. The van der Waals surface area contributed by atoms with Gasteiger partial charge in [-0.1, -0.05) is 12.1 Å². The topological polar surface area (TPSA) is 65.1 Å². The second kappa shape index (κ2) is 7.53. The van der Waals surface area contributed by atoms with Crippen molar-refractivity contribution in [1.29, 1.82) is 0 Å². The zero-order chi connectivity index (χ0) is 19.6. The van der Waals surface area contributed by atoms with Crippen LogP contribution in [0.5, 0.6) is 11.5 Å². The summed E-state index contributed by atoms with van der Waals surface area (Å²) in [5.41, 5.74) is 3.18. The number of carbonyl (C=O) groups excluding carboxylic acids is 2. The summed E-state index contributed by atoms with van der Waals surface area (Å²) in [5, 5.41) is 0. The molecule has 0 aromatic heterocycles. The van der Waals surface area contributed by atoms with E-state index in [1.54, 1.807) is 25.1 Å². The predicted octanol–water partition coefficient (Wildman–Crippen LogP) is 3.23. The van der Waals surface area contributed by atoms with E-state index in [0.29, 0.717) is 17.1 Å². The van der Waals surface area contributed by atoms with Crippen molar-refractivity contribution >= 4 is 23.5 Å². The summed E-state index contributed by atoms with van der Waals surface area (Å²) in [6.45, 7) is 1.60. The van der Waals surface area contributed by atoms with Crippen LogP contribution in [0.4, 0.5) is 5.69 Å². The van der Waals surface area contributed by atoms with Gasteiger partial charge in [0.1, 0.15) is 11.5 Å². The number of Topliss-reactive ketones (excluding diaryl/α,β-unsaturated/α-hetero) is 1. The van der Waals surface area contributed by atoms with Crippen LogP contribution in [-0.2, 0) is 9.53 Å². The number of anilines is 1. The summed E-state index contributed by atoms with van der Waals surface area (Å²) < 4.78 is 15.7. The molecular weight excluding hydrogens is 346 g/mol. The molecule has 0 saturated carbocycles. The minimum Gasteiger partial charge on any atom is -0.482 e. The standard InChI is InChI=1S/C21H21NO5/c1-13-9-16(26-12-19(23)25-4)11-17-20(13)21(24)18(27-17)10-14-5-7-15(8-6-14)22(2)3/h5-11H,12H2,1-4H3/b18-10-. The average Bonchev–Trinajstić information content (AvgIpc) is 2.96. The van der Waals surface area contributed by atoms with Crippen molar-refractivity contribution in [2.75, 3.05) is 32.7 Å². The molecule has 0 aliphatic carbocycles. The Morgan fingerprint density at radius 2 is 1.89 bits per heavy atom. The number of ether oxygens (including phenoxy) is 3. The first kappa shape index (κ1) is 18.5.